The standard InChI is InChI=1S/C19H19NOS/c1-13-10-17-6-7-18(11-13)20(17)19(21)15-4-2-14(3-5-15)16-8-9-22-12-16/h2-5,8-9,12,17-18H,1,6-7,10-11H2. The van der Waals surface area contributed by atoms with Crippen LogP contribution in [-0.2, 0) is 0 Å². The number of amides is 1. The molecule has 3 heterocycles. The Morgan fingerprint density at radius 1 is 1.05 bits per heavy atom. The second-order valence-electron chi connectivity index (χ2n) is 6.35. The van der Waals surface area contributed by atoms with E-state index in [1.54, 1.807) is 11.3 Å². The van der Waals surface area contributed by atoms with Crippen LogP contribution in [0, 0.1) is 0 Å². The summed E-state index contributed by atoms with van der Waals surface area (Å²) in [5.74, 6) is 0.192. The molecule has 2 unspecified atom stereocenters. The zero-order valence-corrected chi connectivity index (χ0v) is 13.3. The fraction of sp³-hybridized carbons (Fsp3) is 0.316. The zero-order chi connectivity index (χ0) is 15.1. The lowest BCUT2D eigenvalue weighted by Gasteiger charge is -2.36. The van der Waals surface area contributed by atoms with Gasteiger partial charge >= 0.3 is 0 Å². The van der Waals surface area contributed by atoms with Gasteiger partial charge < -0.3 is 4.90 Å². The molecule has 2 saturated heterocycles. The van der Waals surface area contributed by atoms with E-state index in [9.17, 15) is 4.79 Å². The average molecular weight is 309 g/mol. The number of carbonyl (C=O) groups is 1. The van der Waals surface area contributed by atoms with Gasteiger partial charge in [-0.1, -0.05) is 24.3 Å². The molecule has 112 valence electrons. The van der Waals surface area contributed by atoms with E-state index in [-0.39, 0.29) is 5.91 Å². The second-order valence-corrected chi connectivity index (χ2v) is 7.13. The summed E-state index contributed by atoms with van der Waals surface area (Å²) in [4.78, 5) is 15.0. The van der Waals surface area contributed by atoms with Gasteiger partial charge in [-0.15, -0.1) is 0 Å². The molecule has 3 heteroatoms. The second kappa shape index (κ2) is 5.40. The summed E-state index contributed by atoms with van der Waals surface area (Å²) in [5.41, 5.74) is 4.51. The van der Waals surface area contributed by atoms with Crippen molar-refractivity contribution >= 4 is 17.2 Å². The molecule has 1 aromatic carbocycles. The molecule has 22 heavy (non-hydrogen) atoms. The first kappa shape index (κ1) is 13.8. The van der Waals surface area contributed by atoms with E-state index in [2.05, 4.69) is 40.4 Å². The first-order valence-corrected chi connectivity index (χ1v) is 8.78. The summed E-state index contributed by atoms with van der Waals surface area (Å²) < 4.78 is 0. The number of rotatable bonds is 2. The van der Waals surface area contributed by atoms with Gasteiger partial charge in [-0.25, -0.2) is 0 Å². The number of fused-ring (bicyclic) bond motifs is 2. The minimum atomic E-state index is 0.192. The highest BCUT2D eigenvalue weighted by Gasteiger charge is 2.40. The van der Waals surface area contributed by atoms with Gasteiger partial charge in [0.05, 0.1) is 0 Å². The van der Waals surface area contributed by atoms with Gasteiger partial charge in [-0.05, 0) is 65.8 Å². The van der Waals surface area contributed by atoms with Crippen LogP contribution in [0.4, 0.5) is 0 Å². The van der Waals surface area contributed by atoms with Gasteiger partial charge in [0.25, 0.3) is 5.91 Å². The first-order chi connectivity index (χ1) is 10.7. The molecule has 2 nitrogen and oxygen atoms in total. The van der Waals surface area contributed by atoms with E-state index in [1.807, 2.05) is 12.1 Å². The van der Waals surface area contributed by atoms with Crippen molar-refractivity contribution in [2.24, 2.45) is 0 Å². The molecule has 4 rings (SSSR count). The molecule has 0 N–H and O–H groups in total. The van der Waals surface area contributed by atoms with Crippen molar-refractivity contribution in [2.45, 2.75) is 37.8 Å². The van der Waals surface area contributed by atoms with Gasteiger partial charge in [-0.2, -0.15) is 11.3 Å². The van der Waals surface area contributed by atoms with E-state index >= 15 is 0 Å². The monoisotopic (exact) mass is 309 g/mol. The van der Waals surface area contributed by atoms with E-state index in [0.717, 1.165) is 31.2 Å². The molecule has 2 bridgehead atoms. The molecule has 1 aromatic heterocycles. The van der Waals surface area contributed by atoms with Crippen LogP contribution in [0.1, 0.15) is 36.0 Å². The molecule has 0 spiro atoms. The largest absolute Gasteiger partial charge is 0.332 e. The lowest BCUT2D eigenvalue weighted by atomic mass is 9.97. The molecule has 0 aliphatic carbocycles. The number of thiophene rings is 1. The van der Waals surface area contributed by atoms with E-state index in [4.69, 9.17) is 0 Å². The zero-order valence-electron chi connectivity index (χ0n) is 12.5. The smallest absolute Gasteiger partial charge is 0.254 e. The SMILES string of the molecule is C=C1CC2CCC(C1)N2C(=O)c1ccc(-c2ccsc2)cc1. The van der Waals surface area contributed by atoms with Crippen molar-refractivity contribution in [1.82, 2.24) is 4.90 Å². The van der Waals surface area contributed by atoms with Crippen LogP contribution in [0.15, 0.2) is 53.2 Å². The van der Waals surface area contributed by atoms with E-state index in [0.29, 0.717) is 12.1 Å². The van der Waals surface area contributed by atoms with Gasteiger partial charge in [0, 0.05) is 17.6 Å². The molecule has 2 aliphatic heterocycles. The van der Waals surface area contributed by atoms with Crippen LogP contribution in [0.5, 0.6) is 0 Å². The lowest BCUT2D eigenvalue weighted by Crippen LogP contribution is -2.44. The number of piperidine rings is 1. The minimum Gasteiger partial charge on any atom is -0.332 e. The third-order valence-corrected chi connectivity index (χ3v) is 5.57. The number of hydrogen-bond donors (Lipinski definition) is 0. The summed E-state index contributed by atoms with van der Waals surface area (Å²) in [7, 11) is 0. The Labute approximate surface area is 135 Å². The Morgan fingerprint density at radius 2 is 1.73 bits per heavy atom. The van der Waals surface area contributed by atoms with Gasteiger partial charge in [0.1, 0.15) is 0 Å². The molecule has 2 aromatic rings. The molecule has 0 saturated carbocycles. The van der Waals surface area contributed by atoms with Crippen molar-refractivity contribution in [3.05, 3.63) is 58.8 Å². The third-order valence-electron chi connectivity index (χ3n) is 4.89. The van der Waals surface area contributed by atoms with Crippen molar-refractivity contribution in [3.8, 4) is 11.1 Å². The minimum absolute atomic E-state index is 0.192. The summed E-state index contributed by atoms with van der Waals surface area (Å²) in [6.45, 7) is 4.12. The molecule has 2 fully saturated rings. The predicted molar refractivity (Wildman–Crippen MR) is 91.1 cm³/mol. The quantitative estimate of drug-likeness (QED) is 0.734. The Hall–Kier alpha value is -1.87. The summed E-state index contributed by atoms with van der Waals surface area (Å²) in [5, 5.41) is 4.21. The molecular formula is C19H19NOS. The van der Waals surface area contributed by atoms with Gasteiger partial charge in [-0.3, -0.25) is 4.79 Å². The number of carbonyl (C=O) groups excluding carboxylic acids is 1. The van der Waals surface area contributed by atoms with Gasteiger partial charge in [0.2, 0.25) is 0 Å². The van der Waals surface area contributed by atoms with Crippen molar-refractivity contribution in [2.75, 3.05) is 0 Å². The number of nitrogens with zero attached hydrogens (tertiary/aromatic N) is 1. The van der Waals surface area contributed by atoms with Crippen molar-refractivity contribution < 1.29 is 4.79 Å². The first-order valence-electron chi connectivity index (χ1n) is 7.84. The van der Waals surface area contributed by atoms with Crippen LogP contribution in [0.3, 0.4) is 0 Å². The molecule has 0 radical (unpaired) electrons. The maximum Gasteiger partial charge on any atom is 0.254 e. The fourth-order valence-electron chi connectivity index (χ4n) is 3.83. The maximum atomic E-state index is 12.9. The van der Waals surface area contributed by atoms with E-state index < -0.39 is 0 Å². The average Bonchev–Trinajstić information content (AvgIpc) is 3.14. The Kier molecular flexibility index (Phi) is 3.38. The van der Waals surface area contributed by atoms with Crippen LogP contribution in [0.2, 0.25) is 0 Å². The topological polar surface area (TPSA) is 20.3 Å². The van der Waals surface area contributed by atoms with Crippen LogP contribution < -0.4 is 0 Å². The molecule has 2 aliphatic rings. The predicted octanol–water partition coefficient (Wildman–Crippen LogP) is 4.74. The molecular weight excluding hydrogens is 290 g/mol. The highest BCUT2D eigenvalue weighted by atomic mass is 32.1. The summed E-state index contributed by atoms with van der Waals surface area (Å²) in [6.07, 6.45) is 4.22. The highest BCUT2D eigenvalue weighted by molar-refractivity contribution is 7.08. The van der Waals surface area contributed by atoms with Crippen LogP contribution >= 0.6 is 11.3 Å². The van der Waals surface area contributed by atoms with Crippen molar-refractivity contribution in [1.29, 1.82) is 0 Å². The summed E-state index contributed by atoms with van der Waals surface area (Å²) >= 11 is 1.69. The normalized spacial score (nSPS) is 23.8. The lowest BCUT2D eigenvalue weighted by molar-refractivity contribution is 0.0635. The highest BCUT2D eigenvalue weighted by Crippen LogP contribution is 2.38. The fourth-order valence-corrected chi connectivity index (χ4v) is 4.49. The Morgan fingerprint density at radius 3 is 2.32 bits per heavy atom. The summed E-state index contributed by atoms with van der Waals surface area (Å²) in [6, 6.07) is 10.9. The maximum absolute atomic E-state index is 12.9. The third kappa shape index (κ3) is 2.30. The van der Waals surface area contributed by atoms with Gasteiger partial charge in [0.15, 0.2) is 0 Å². The molecule has 2 atom stereocenters. The van der Waals surface area contributed by atoms with Crippen LogP contribution in [-0.4, -0.2) is 22.9 Å². The Bertz CT molecular complexity index is 686. The Balaban J connectivity index is 1.57. The van der Waals surface area contributed by atoms with Crippen molar-refractivity contribution in [3.63, 3.8) is 0 Å². The molecule has 1 amide bonds. The number of benzene rings is 1. The van der Waals surface area contributed by atoms with E-state index in [1.165, 1.54) is 16.7 Å². The van der Waals surface area contributed by atoms with Crippen LogP contribution in [0.25, 0.3) is 11.1 Å². The number of hydrogen-bond acceptors (Lipinski definition) is 2.